The maximum atomic E-state index is 13.1. The number of nitrogens with one attached hydrogen (secondary N) is 1. The number of amides is 2. The average Bonchev–Trinajstić information content (AvgIpc) is 3.04. The molecule has 2 atom stereocenters. The van der Waals surface area contributed by atoms with E-state index in [2.05, 4.69) is 5.32 Å². The van der Waals surface area contributed by atoms with Gasteiger partial charge in [0.1, 0.15) is 6.10 Å². The highest BCUT2D eigenvalue weighted by Gasteiger charge is 2.43. The van der Waals surface area contributed by atoms with Gasteiger partial charge < -0.3 is 15.8 Å². The van der Waals surface area contributed by atoms with E-state index in [1.807, 2.05) is 6.07 Å². The van der Waals surface area contributed by atoms with Crippen LogP contribution in [-0.4, -0.2) is 30.1 Å². The minimum absolute atomic E-state index is 0.0995. The molecule has 1 aromatic rings. The third-order valence-electron chi connectivity index (χ3n) is 4.27. The van der Waals surface area contributed by atoms with Crippen LogP contribution in [0.5, 0.6) is 0 Å². The predicted octanol–water partition coefficient (Wildman–Crippen LogP) is 3.01. The van der Waals surface area contributed by atoms with E-state index in [1.165, 1.54) is 11.3 Å². The quantitative estimate of drug-likeness (QED) is 0.881. The molecule has 3 N–H and O–H groups in total. The maximum Gasteiger partial charge on any atom is 0.404 e. The zero-order valence-corrected chi connectivity index (χ0v) is 13.2. The van der Waals surface area contributed by atoms with Crippen molar-refractivity contribution in [3.8, 4) is 0 Å². The van der Waals surface area contributed by atoms with Gasteiger partial charge in [0.2, 0.25) is 5.92 Å². The molecule has 2 fully saturated rings. The first-order chi connectivity index (χ1) is 10.8. The highest BCUT2D eigenvalue weighted by atomic mass is 32.1. The number of halogens is 2. The summed E-state index contributed by atoms with van der Waals surface area (Å²) < 4.78 is 31.1. The van der Waals surface area contributed by atoms with Crippen molar-refractivity contribution in [1.82, 2.24) is 5.32 Å². The van der Waals surface area contributed by atoms with Gasteiger partial charge in [0, 0.05) is 29.7 Å². The number of carbonyl (C=O) groups excluding carboxylic acids is 2. The number of primary amides is 1. The summed E-state index contributed by atoms with van der Waals surface area (Å²) in [6.07, 6.45) is -0.0440. The molecule has 0 spiro atoms. The Labute approximate surface area is 136 Å². The fourth-order valence-electron chi connectivity index (χ4n) is 2.87. The Morgan fingerprint density at radius 3 is 2.65 bits per heavy atom. The third kappa shape index (κ3) is 3.99. The summed E-state index contributed by atoms with van der Waals surface area (Å²) in [5.41, 5.74) is 4.98. The van der Waals surface area contributed by atoms with Crippen molar-refractivity contribution in [3.05, 3.63) is 21.9 Å². The first-order valence-corrected chi connectivity index (χ1v) is 8.40. The zero-order valence-electron chi connectivity index (χ0n) is 12.4. The summed E-state index contributed by atoms with van der Waals surface area (Å²) in [6, 6.07) is 3.36. The van der Waals surface area contributed by atoms with Crippen LogP contribution in [-0.2, 0) is 4.74 Å². The number of hydrogen-bond acceptors (Lipinski definition) is 4. The summed E-state index contributed by atoms with van der Waals surface area (Å²) in [5.74, 6) is -2.73. The minimum atomic E-state index is -2.60. The van der Waals surface area contributed by atoms with Gasteiger partial charge in [-0.15, -0.1) is 11.3 Å². The summed E-state index contributed by atoms with van der Waals surface area (Å²) in [7, 11) is 0. The number of hydrogen-bond donors (Lipinski definition) is 2. The van der Waals surface area contributed by atoms with Gasteiger partial charge in [-0.05, 0) is 31.4 Å². The summed E-state index contributed by atoms with van der Waals surface area (Å²) in [6.45, 7) is 0. The first-order valence-electron chi connectivity index (χ1n) is 7.58. The number of alkyl halides is 2. The molecule has 3 rings (SSSR count). The molecule has 23 heavy (non-hydrogen) atoms. The van der Waals surface area contributed by atoms with Crippen LogP contribution in [0.3, 0.4) is 0 Å². The molecule has 0 bridgehead atoms. The Balaban J connectivity index is 1.52. The lowest BCUT2D eigenvalue weighted by molar-refractivity contribution is -0.0399. The average molecular weight is 344 g/mol. The van der Waals surface area contributed by atoms with Gasteiger partial charge >= 0.3 is 6.09 Å². The molecule has 2 aliphatic carbocycles. The molecule has 2 saturated carbocycles. The van der Waals surface area contributed by atoms with Crippen LogP contribution in [0.15, 0.2) is 12.1 Å². The van der Waals surface area contributed by atoms with Crippen molar-refractivity contribution >= 4 is 23.3 Å². The fraction of sp³-hybridized carbons (Fsp3) is 0.600. The number of carbonyl (C=O) groups is 2. The van der Waals surface area contributed by atoms with Crippen LogP contribution < -0.4 is 11.1 Å². The van der Waals surface area contributed by atoms with Gasteiger partial charge in [-0.1, -0.05) is 0 Å². The predicted molar refractivity (Wildman–Crippen MR) is 80.8 cm³/mol. The van der Waals surface area contributed by atoms with E-state index in [1.54, 1.807) is 6.07 Å². The van der Waals surface area contributed by atoms with Crippen LogP contribution in [0, 0.1) is 0 Å². The lowest BCUT2D eigenvalue weighted by Gasteiger charge is -2.28. The van der Waals surface area contributed by atoms with E-state index < -0.39 is 12.0 Å². The Hall–Kier alpha value is -1.70. The minimum Gasteiger partial charge on any atom is -0.446 e. The summed E-state index contributed by atoms with van der Waals surface area (Å²) in [5, 5.41) is 2.82. The Morgan fingerprint density at radius 1 is 1.30 bits per heavy atom. The summed E-state index contributed by atoms with van der Waals surface area (Å²) in [4.78, 5) is 24.4. The standard InChI is InChI=1S/C15H18F2N2O3S/c16-15(17)5-3-8(4-6-15)19-13(20)12-2-1-11(23-12)9-7-10(9)22-14(18)21/h1-2,8-10H,3-7H2,(H2,18,21)(H,19,20)/t9-,10-/m1/s1. The Bertz CT molecular complexity index is 610. The van der Waals surface area contributed by atoms with E-state index in [0.29, 0.717) is 24.1 Å². The van der Waals surface area contributed by atoms with Gasteiger partial charge in [-0.2, -0.15) is 0 Å². The number of rotatable bonds is 4. The van der Waals surface area contributed by atoms with Gasteiger partial charge in [0.25, 0.3) is 5.91 Å². The van der Waals surface area contributed by atoms with Crippen LogP contribution in [0.4, 0.5) is 13.6 Å². The molecule has 8 heteroatoms. The van der Waals surface area contributed by atoms with Crippen molar-refractivity contribution in [2.24, 2.45) is 5.73 Å². The molecule has 0 radical (unpaired) electrons. The van der Waals surface area contributed by atoms with E-state index in [9.17, 15) is 18.4 Å². The lowest BCUT2D eigenvalue weighted by Crippen LogP contribution is -2.40. The van der Waals surface area contributed by atoms with Crippen molar-refractivity contribution in [3.63, 3.8) is 0 Å². The second-order valence-electron chi connectivity index (χ2n) is 6.12. The van der Waals surface area contributed by atoms with Crippen molar-refractivity contribution in [1.29, 1.82) is 0 Å². The van der Waals surface area contributed by atoms with Gasteiger partial charge in [-0.3, -0.25) is 4.79 Å². The molecular formula is C15H18F2N2O3S. The van der Waals surface area contributed by atoms with Gasteiger partial charge in [0.05, 0.1) is 4.88 Å². The molecule has 126 valence electrons. The normalized spacial score (nSPS) is 26.5. The molecule has 5 nitrogen and oxygen atoms in total. The van der Waals surface area contributed by atoms with Crippen LogP contribution in [0.2, 0.25) is 0 Å². The van der Waals surface area contributed by atoms with E-state index in [-0.39, 0.29) is 36.8 Å². The Morgan fingerprint density at radius 2 is 2.00 bits per heavy atom. The van der Waals surface area contributed by atoms with Crippen LogP contribution in [0.1, 0.15) is 52.6 Å². The monoisotopic (exact) mass is 344 g/mol. The molecule has 0 aliphatic heterocycles. The molecule has 1 aromatic heterocycles. The van der Waals surface area contributed by atoms with Crippen molar-refractivity contribution < 1.29 is 23.1 Å². The largest absolute Gasteiger partial charge is 0.446 e. The maximum absolute atomic E-state index is 13.1. The number of ether oxygens (including phenoxy) is 1. The number of nitrogens with two attached hydrogens (primary N) is 1. The molecule has 1 heterocycles. The fourth-order valence-corrected chi connectivity index (χ4v) is 3.94. The van der Waals surface area contributed by atoms with Crippen LogP contribution >= 0.6 is 11.3 Å². The second-order valence-corrected chi connectivity index (χ2v) is 7.24. The van der Waals surface area contributed by atoms with Crippen LogP contribution in [0.25, 0.3) is 0 Å². The number of thiophene rings is 1. The van der Waals surface area contributed by atoms with E-state index in [4.69, 9.17) is 10.5 Å². The van der Waals surface area contributed by atoms with Gasteiger partial charge in [0.15, 0.2) is 0 Å². The summed E-state index contributed by atoms with van der Waals surface area (Å²) >= 11 is 1.34. The smallest absolute Gasteiger partial charge is 0.404 e. The molecule has 2 amide bonds. The van der Waals surface area contributed by atoms with Crippen molar-refractivity contribution in [2.45, 2.75) is 56.1 Å². The van der Waals surface area contributed by atoms with E-state index >= 15 is 0 Å². The molecule has 0 aromatic carbocycles. The topological polar surface area (TPSA) is 81.4 Å². The molecular weight excluding hydrogens is 326 g/mol. The second kappa shape index (κ2) is 6.07. The third-order valence-corrected chi connectivity index (χ3v) is 5.48. The highest BCUT2D eigenvalue weighted by molar-refractivity contribution is 7.14. The van der Waals surface area contributed by atoms with Crippen molar-refractivity contribution in [2.75, 3.05) is 0 Å². The SMILES string of the molecule is NC(=O)O[C@@H]1C[C@H]1c1ccc(C(=O)NC2CCC(F)(F)CC2)s1. The molecule has 0 saturated heterocycles. The highest BCUT2D eigenvalue weighted by Crippen LogP contribution is 2.46. The first kappa shape index (κ1) is 16.2. The van der Waals surface area contributed by atoms with E-state index in [0.717, 1.165) is 4.88 Å². The zero-order chi connectivity index (χ0) is 16.6. The lowest BCUT2D eigenvalue weighted by atomic mass is 9.92. The van der Waals surface area contributed by atoms with Gasteiger partial charge in [-0.25, -0.2) is 13.6 Å². The Kier molecular flexibility index (Phi) is 4.27. The molecule has 0 unspecified atom stereocenters. The molecule has 2 aliphatic rings.